The van der Waals surface area contributed by atoms with Crippen LogP contribution in [0.4, 0.5) is 5.00 Å². The van der Waals surface area contributed by atoms with Crippen LogP contribution >= 0.6 is 11.3 Å². The molecule has 0 unspecified atom stereocenters. The van der Waals surface area contributed by atoms with Crippen molar-refractivity contribution in [2.75, 3.05) is 11.9 Å². The minimum Gasteiger partial charge on any atom is -0.462 e. The minimum atomic E-state index is -0.381. The SMILES string of the molecule is CCOC(=O)c1cc(CC)sc1NC(=O)CCCc1ccc(C)cc1. The zero-order valence-electron chi connectivity index (χ0n) is 15.1. The monoisotopic (exact) mass is 359 g/mol. The number of carbonyl (C=O) groups excluding carboxylic acids is 2. The Balaban J connectivity index is 1.92. The summed E-state index contributed by atoms with van der Waals surface area (Å²) in [4.78, 5) is 25.3. The van der Waals surface area contributed by atoms with Gasteiger partial charge in [0.05, 0.1) is 12.2 Å². The Morgan fingerprint density at radius 1 is 1.16 bits per heavy atom. The number of hydrogen-bond donors (Lipinski definition) is 1. The molecule has 0 spiro atoms. The van der Waals surface area contributed by atoms with Crippen molar-refractivity contribution in [1.29, 1.82) is 0 Å². The fourth-order valence-electron chi connectivity index (χ4n) is 2.47. The summed E-state index contributed by atoms with van der Waals surface area (Å²) in [6, 6.07) is 10.2. The molecule has 0 saturated carbocycles. The molecule has 4 nitrogen and oxygen atoms in total. The molecular weight excluding hydrogens is 334 g/mol. The summed E-state index contributed by atoms with van der Waals surface area (Å²) in [5.41, 5.74) is 2.92. The van der Waals surface area contributed by atoms with Crippen LogP contribution < -0.4 is 5.32 Å². The third-order valence-corrected chi connectivity index (χ3v) is 5.06. The Labute approximate surface area is 153 Å². The Morgan fingerprint density at radius 2 is 1.88 bits per heavy atom. The highest BCUT2D eigenvalue weighted by Gasteiger charge is 2.18. The van der Waals surface area contributed by atoms with Gasteiger partial charge >= 0.3 is 5.97 Å². The highest BCUT2D eigenvalue weighted by Crippen LogP contribution is 2.29. The van der Waals surface area contributed by atoms with E-state index in [-0.39, 0.29) is 11.9 Å². The Bertz CT molecular complexity index is 719. The summed E-state index contributed by atoms with van der Waals surface area (Å²) in [5.74, 6) is -0.449. The molecule has 134 valence electrons. The molecule has 0 aliphatic rings. The number of anilines is 1. The molecule has 1 heterocycles. The smallest absolute Gasteiger partial charge is 0.341 e. The fraction of sp³-hybridized carbons (Fsp3) is 0.400. The predicted octanol–water partition coefficient (Wildman–Crippen LogP) is 4.76. The van der Waals surface area contributed by atoms with Crippen LogP contribution in [-0.2, 0) is 22.4 Å². The first kappa shape index (κ1) is 19.2. The molecule has 0 aliphatic heterocycles. The van der Waals surface area contributed by atoms with Crippen molar-refractivity contribution in [3.05, 3.63) is 51.9 Å². The van der Waals surface area contributed by atoms with E-state index in [1.54, 1.807) is 6.92 Å². The zero-order valence-corrected chi connectivity index (χ0v) is 15.9. The van der Waals surface area contributed by atoms with Gasteiger partial charge < -0.3 is 10.1 Å². The molecule has 25 heavy (non-hydrogen) atoms. The number of aryl methyl sites for hydroxylation is 3. The number of rotatable bonds is 8. The average molecular weight is 359 g/mol. The van der Waals surface area contributed by atoms with Crippen molar-refractivity contribution in [2.24, 2.45) is 0 Å². The van der Waals surface area contributed by atoms with E-state index in [9.17, 15) is 9.59 Å². The predicted molar refractivity (Wildman–Crippen MR) is 102 cm³/mol. The number of carbonyl (C=O) groups is 2. The Morgan fingerprint density at radius 3 is 2.52 bits per heavy atom. The zero-order chi connectivity index (χ0) is 18.2. The first-order valence-electron chi connectivity index (χ1n) is 8.68. The second kappa shape index (κ2) is 9.37. The summed E-state index contributed by atoms with van der Waals surface area (Å²) in [5, 5.41) is 3.47. The van der Waals surface area contributed by atoms with Crippen molar-refractivity contribution in [3.63, 3.8) is 0 Å². The van der Waals surface area contributed by atoms with Gasteiger partial charge in [-0.2, -0.15) is 0 Å². The molecule has 5 heteroatoms. The van der Waals surface area contributed by atoms with Gasteiger partial charge in [-0.15, -0.1) is 11.3 Å². The summed E-state index contributed by atoms with van der Waals surface area (Å²) >= 11 is 1.44. The maximum Gasteiger partial charge on any atom is 0.341 e. The molecule has 1 aromatic heterocycles. The first-order valence-corrected chi connectivity index (χ1v) is 9.50. The van der Waals surface area contributed by atoms with Crippen LogP contribution in [0.15, 0.2) is 30.3 Å². The van der Waals surface area contributed by atoms with E-state index in [0.717, 1.165) is 24.1 Å². The average Bonchev–Trinajstić information content (AvgIpc) is 3.00. The molecule has 0 atom stereocenters. The molecule has 0 aliphatic carbocycles. The van der Waals surface area contributed by atoms with Crippen LogP contribution in [-0.4, -0.2) is 18.5 Å². The van der Waals surface area contributed by atoms with Gasteiger partial charge in [-0.05, 0) is 44.7 Å². The molecule has 1 aromatic carbocycles. The highest BCUT2D eigenvalue weighted by atomic mass is 32.1. The van der Waals surface area contributed by atoms with Gasteiger partial charge in [0.25, 0.3) is 0 Å². The van der Waals surface area contributed by atoms with Gasteiger partial charge in [0.15, 0.2) is 0 Å². The van der Waals surface area contributed by atoms with Crippen LogP contribution in [0, 0.1) is 6.92 Å². The van der Waals surface area contributed by atoms with Crippen LogP contribution in [0.25, 0.3) is 0 Å². The molecule has 0 bridgehead atoms. The van der Waals surface area contributed by atoms with Crippen molar-refractivity contribution in [2.45, 2.75) is 46.5 Å². The molecule has 2 rings (SSSR count). The maximum atomic E-state index is 12.2. The number of esters is 1. The van der Waals surface area contributed by atoms with Crippen LogP contribution in [0.5, 0.6) is 0 Å². The second-order valence-corrected chi connectivity index (χ2v) is 7.05. The van der Waals surface area contributed by atoms with E-state index in [0.29, 0.717) is 23.6 Å². The fourth-order valence-corrected chi connectivity index (χ4v) is 3.47. The maximum absolute atomic E-state index is 12.2. The third-order valence-electron chi connectivity index (χ3n) is 3.87. The van der Waals surface area contributed by atoms with Gasteiger partial charge in [-0.3, -0.25) is 4.79 Å². The lowest BCUT2D eigenvalue weighted by Gasteiger charge is -2.06. The van der Waals surface area contributed by atoms with Crippen molar-refractivity contribution < 1.29 is 14.3 Å². The summed E-state index contributed by atoms with van der Waals surface area (Å²) in [6.07, 6.45) is 2.88. The largest absolute Gasteiger partial charge is 0.462 e. The minimum absolute atomic E-state index is 0.0674. The number of benzene rings is 1. The first-order chi connectivity index (χ1) is 12.0. The molecule has 1 N–H and O–H groups in total. The van der Waals surface area contributed by atoms with Gasteiger partial charge in [0.2, 0.25) is 5.91 Å². The quantitative estimate of drug-likeness (QED) is 0.692. The van der Waals surface area contributed by atoms with Crippen molar-refractivity contribution in [3.8, 4) is 0 Å². The number of nitrogens with one attached hydrogen (secondary N) is 1. The normalized spacial score (nSPS) is 10.5. The lowest BCUT2D eigenvalue weighted by Crippen LogP contribution is -2.14. The van der Waals surface area contributed by atoms with Gasteiger partial charge in [0.1, 0.15) is 5.00 Å². The topological polar surface area (TPSA) is 55.4 Å². The van der Waals surface area contributed by atoms with E-state index >= 15 is 0 Å². The molecule has 0 saturated heterocycles. The van der Waals surface area contributed by atoms with Crippen molar-refractivity contribution in [1.82, 2.24) is 0 Å². The summed E-state index contributed by atoms with van der Waals surface area (Å²) in [7, 11) is 0. The van der Waals surface area contributed by atoms with E-state index in [1.807, 2.05) is 13.0 Å². The lowest BCUT2D eigenvalue weighted by atomic mass is 10.1. The molecule has 0 fully saturated rings. The Hall–Kier alpha value is -2.14. The van der Waals surface area contributed by atoms with Crippen LogP contribution in [0.1, 0.15) is 53.1 Å². The molecule has 0 radical (unpaired) electrons. The van der Waals surface area contributed by atoms with E-state index in [4.69, 9.17) is 4.74 Å². The summed E-state index contributed by atoms with van der Waals surface area (Å²) < 4.78 is 5.07. The number of hydrogen-bond acceptors (Lipinski definition) is 4. The number of ether oxygens (including phenoxy) is 1. The third kappa shape index (κ3) is 5.71. The van der Waals surface area contributed by atoms with Crippen molar-refractivity contribution >= 4 is 28.2 Å². The standard InChI is InChI=1S/C20H25NO3S/c1-4-16-13-17(20(23)24-5-2)19(25-16)21-18(22)8-6-7-15-11-9-14(3)10-12-15/h9-13H,4-8H2,1-3H3,(H,21,22). The van der Waals surface area contributed by atoms with E-state index in [2.05, 4.69) is 36.5 Å². The van der Waals surface area contributed by atoms with E-state index in [1.165, 1.54) is 22.5 Å². The second-order valence-electron chi connectivity index (χ2n) is 5.92. The lowest BCUT2D eigenvalue weighted by molar-refractivity contribution is -0.116. The van der Waals surface area contributed by atoms with E-state index < -0.39 is 0 Å². The van der Waals surface area contributed by atoms with Gasteiger partial charge in [0, 0.05) is 11.3 Å². The summed E-state index contributed by atoms with van der Waals surface area (Å²) in [6.45, 7) is 6.17. The molecular formula is C20H25NO3S. The van der Waals surface area contributed by atoms with Crippen LogP contribution in [0.3, 0.4) is 0 Å². The van der Waals surface area contributed by atoms with Gasteiger partial charge in [-0.25, -0.2) is 4.79 Å². The Kier molecular flexibility index (Phi) is 7.19. The highest BCUT2D eigenvalue weighted by molar-refractivity contribution is 7.16. The van der Waals surface area contributed by atoms with Gasteiger partial charge in [-0.1, -0.05) is 36.8 Å². The molecule has 1 amide bonds. The number of amides is 1. The number of thiophene rings is 1. The van der Waals surface area contributed by atoms with Crippen LogP contribution in [0.2, 0.25) is 0 Å². The molecule has 2 aromatic rings.